The summed E-state index contributed by atoms with van der Waals surface area (Å²) in [5, 5.41) is 3.05. The van der Waals surface area contributed by atoms with E-state index < -0.39 is 0 Å². The summed E-state index contributed by atoms with van der Waals surface area (Å²) >= 11 is 1.61. The van der Waals surface area contributed by atoms with E-state index in [1.165, 1.54) is 0 Å². The molecule has 0 unspecified atom stereocenters. The first kappa shape index (κ1) is 25.4. The minimum atomic E-state index is -0.222. The molecular weight excluding hydrogens is 444 g/mol. The Bertz CT molecular complexity index is 1070. The van der Waals surface area contributed by atoms with Crippen molar-refractivity contribution in [2.24, 2.45) is 0 Å². The van der Waals surface area contributed by atoms with E-state index in [1.54, 1.807) is 11.8 Å². The molecule has 0 fully saturated rings. The number of nitrogens with one attached hydrogen (secondary N) is 1. The number of carbonyl (C=O) groups is 2. The van der Waals surface area contributed by atoms with Crippen LogP contribution in [-0.2, 0) is 22.5 Å². The van der Waals surface area contributed by atoms with E-state index in [2.05, 4.69) is 12.2 Å². The number of unbranched alkanes of at least 4 members (excludes halogenated alkanes) is 1. The van der Waals surface area contributed by atoms with Crippen LogP contribution in [-0.4, -0.2) is 25.2 Å². The Balaban J connectivity index is 1.71. The predicted octanol–water partition coefficient (Wildman–Crippen LogP) is 6.46. The third-order valence-electron chi connectivity index (χ3n) is 5.18. The van der Waals surface area contributed by atoms with E-state index >= 15 is 0 Å². The van der Waals surface area contributed by atoms with Crippen LogP contribution in [0, 0.1) is 0 Å². The molecular formula is C28H32N2O3S. The van der Waals surface area contributed by atoms with Crippen LogP contribution in [0.15, 0.2) is 88.7 Å². The number of amides is 2. The van der Waals surface area contributed by atoms with Crippen LogP contribution in [0.5, 0.6) is 0 Å². The van der Waals surface area contributed by atoms with Gasteiger partial charge >= 0.3 is 12.0 Å². The molecule has 0 heterocycles. The summed E-state index contributed by atoms with van der Waals surface area (Å²) in [6, 6.07) is 25.8. The highest BCUT2D eigenvalue weighted by Gasteiger charge is 2.16. The summed E-state index contributed by atoms with van der Waals surface area (Å²) in [4.78, 5) is 28.8. The van der Waals surface area contributed by atoms with Gasteiger partial charge in [-0.3, -0.25) is 9.69 Å². The monoisotopic (exact) mass is 476 g/mol. The fourth-order valence-corrected chi connectivity index (χ4v) is 4.44. The SMILES string of the molecule is CCCCN(C(=O)NCc1ccccc1)c1cccc(Sc2cccc(CC(=O)OCC)c2)c1. The van der Waals surface area contributed by atoms with E-state index in [-0.39, 0.29) is 18.4 Å². The van der Waals surface area contributed by atoms with Crippen LogP contribution < -0.4 is 10.2 Å². The zero-order valence-electron chi connectivity index (χ0n) is 19.8. The fraction of sp³-hybridized carbons (Fsp3) is 0.286. The zero-order chi connectivity index (χ0) is 24.2. The van der Waals surface area contributed by atoms with Crippen LogP contribution in [0.2, 0.25) is 0 Å². The number of hydrogen-bond donors (Lipinski definition) is 1. The second kappa shape index (κ2) is 13.5. The summed E-state index contributed by atoms with van der Waals surface area (Å²) < 4.78 is 5.06. The van der Waals surface area contributed by atoms with Gasteiger partial charge in [0.15, 0.2) is 0 Å². The number of esters is 1. The fourth-order valence-electron chi connectivity index (χ4n) is 3.48. The topological polar surface area (TPSA) is 58.6 Å². The number of carbonyl (C=O) groups excluding carboxylic acids is 2. The normalized spacial score (nSPS) is 10.5. The van der Waals surface area contributed by atoms with Gasteiger partial charge in [0.25, 0.3) is 0 Å². The summed E-state index contributed by atoms with van der Waals surface area (Å²) in [5.74, 6) is -0.222. The minimum Gasteiger partial charge on any atom is -0.466 e. The average Bonchev–Trinajstić information content (AvgIpc) is 2.84. The van der Waals surface area contributed by atoms with E-state index in [0.717, 1.165) is 39.4 Å². The van der Waals surface area contributed by atoms with E-state index in [4.69, 9.17) is 4.74 Å². The van der Waals surface area contributed by atoms with Gasteiger partial charge in [-0.25, -0.2) is 4.79 Å². The molecule has 0 aliphatic heterocycles. The van der Waals surface area contributed by atoms with Crippen molar-refractivity contribution in [3.8, 4) is 0 Å². The van der Waals surface area contributed by atoms with Crippen LogP contribution in [0.1, 0.15) is 37.8 Å². The molecule has 0 bridgehead atoms. The molecule has 1 N–H and O–H groups in total. The quantitative estimate of drug-likeness (QED) is 0.323. The number of urea groups is 1. The second-order valence-electron chi connectivity index (χ2n) is 7.88. The van der Waals surface area contributed by atoms with Gasteiger partial charge < -0.3 is 10.1 Å². The van der Waals surface area contributed by atoms with Gasteiger partial charge in [-0.05, 0) is 54.8 Å². The van der Waals surface area contributed by atoms with Gasteiger partial charge in [0, 0.05) is 28.6 Å². The molecule has 0 spiro atoms. The minimum absolute atomic E-state index is 0.101. The Hall–Kier alpha value is -3.25. The van der Waals surface area contributed by atoms with Crippen molar-refractivity contribution in [2.45, 2.75) is 49.4 Å². The van der Waals surface area contributed by atoms with Crippen molar-refractivity contribution in [1.29, 1.82) is 0 Å². The van der Waals surface area contributed by atoms with Crippen LogP contribution >= 0.6 is 11.8 Å². The first-order valence-corrected chi connectivity index (χ1v) is 12.5. The van der Waals surface area contributed by atoms with Gasteiger partial charge in [0.1, 0.15) is 0 Å². The largest absolute Gasteiger partial charge is 0.466 e. The lowest BCUT2D eigenvalue weighted by atomic mass is 10.1. The molecule has 178 valence electrons. The lowest BCUT2D eigenvalue weighted by Gasteiger charge is -2.24. The number of hydrogen-bond acceptors (Lipinski definition) is 4. The Kier molecular flexibility index (Phi) is 10.0. The number of ether oxygens (including phenoxy) is 1. The van der Waals surface area contributed by atoms with Gasteiger partial charge in [0.05, 0.1) is 13.0 Å². The Labute approximate surface area is 206 Å². The van der Waals surface area contributed by atoms with E-state index in [0.29, 0.717) is 19.7 Å². The highest BCUT2D eigenvalue weighted by molar-refractivity contribution is 7.99. The van der Waals surface area contributed by atoms with Gasteiger partial charge in [-0.2, -0.15) is 0 Å². The third kappa shape index (κ3) is 7.96. The van der Waals surface area contributed by atoms with Crippen molar-refractivity contribution in [3.63, 3.8) is 0 Å². The highest BCUT2D eigenvalue weighted by Crippen LogP contribution is 2.31. The molecule has 6 heteroatoms. The molecule has 2 amide bonds. The average molecular weight is 477 g/mol. The standard InChI is InChI=1S/C28H32N2O3S/c1-3-5-17-30(28(32)29-21-22-11-7-6-8-12-22)24-14-10-16-26(20-24)34-25-15-9-13-23(18-25)19-27(31)33-4-2/h6-16,18,20H,3-5,17,19,21H2,1-2H3,(H,29,32). The van der Waals surface area contributed by atoms with Crippen LogP contribution in [0.3, 0.4) is 0 Å². The van der Waals surface area contributed by atoms with Crippen molar-refractivity contribution < 1.29 is 14.3 Å². The molecule has 0 aliphatic carbocycles. The van der Waals surface area contributed by atoms with Crippen LogP contribution in [0.4, 0.5) is 10.5 Å². The van der Waals surface area contributed by atoms with E-state index in [1.807, 2.05) is 90.7 Å². The molecule has 3 rings (SSSR count). The van der Waals surface area contributed by atoms with E-state index in [9.17, 15) is 9.59 Å². The number of rotatable bonds is 11. The maximum Gasteiger partial charge on any atom is 0.322 e. The molecule has 34 heavy (non-hydrogen) atoms. The van der Waals surface area contributed by atoms with Crippen molar-refractivity contribution in [3.05, 3.63) is 90.0 Å². The molecule has 3 aromatic rings. The maximum absolute atomic E-state index is 13.1. The van der Waals surface area contributed by atoms with Crippen LogP contribution in [0.25, 0.3) is 0 Å². The molecule has 0 radical (unpaired) electrons. The summed E-state index contributed by atoms with van der Waals surface area (Å²) in [6.07, 6.45) is 2.19. The molecule has 0 saturated carbocycles. The Morgan fingerprint density at radius 1 is 0.882 bits per heavy atom. The molecule has 0 saturated heterocycles. The predicted molar refractivity (Wildman–Crippen MR) is 138 cm³/mol. The second-order valence-corrected chi connectivity index (χ2v) is 9.03. The van der Waals surface area contributed by atoms with Crippen molar-refractivity contribution in [1.82, 2.24) is 5.32 Å². The smallest absolute Gasteiger partial charge is 0.322 e. The third-order valence-corrected chi connectivity index (χ3v) is 6.16. The number of benzene rings is 3. The lowest BCUT2D eigenvalue weighted by Crippen LogP contribution is -2.40. The molecule has 0 aliphatic rings. The number of nitrogens with zero attached hydrogens (tertiary/aromatic N) is 1. The molecule has 0 atom stereocenters. The Morgan fingerprint density at radius 3 is 2.32 bits per heavy atom. The van der Waals surface area contributed by atoms with Gasteiger partial charge in [0.2, 0.25) is 0 Å². The molecule has 3 aromatic carbocycles. The zero-order valence-corrected chi connectivity index (χ0v) is 20.6. The maximum atomic E-state index is 13.1. The van der Waals surface area contributed by atoms with Crippen molar-refractivity contribution >= 4 is 29.4 Å². The first-order chi connectivity index (χ1) is 16.6. The highest BCUT2D eigenvalue weighted by atomic mass is 32.2. The van der Waals surface area contributed by atoms with Gasteiger partial charge in [-0.15, -0.1) is 0 Å². The van der Waals surface area contributed by atoms with Gasteiger partial charge in [-0.1, -0.05) is 73.6 Å². The Morgan fingerprint density at radius 2 is 1.59 bits per heavy atom. The lowest BCUT2D eigenvalue weighted by molar-refractivity contribution is -0.142. The number of anilines is 1. The first-order valence-electron chi connectivity index (χ1n) is 11.7. The summed E-state index contributed by atoms with van der Waals surface area (Å²) in [7, 11) is 0. The molecule has 0 aromatic heterocycles. The summed E-state index contributed by atoms with van der Waals surface area (Å²) in [6.45, 7) is 5.45. The summed E-state index contributed by atoms with van der Waals surface area (Å²) in [5.41, 5.74) is 2.86. The van der Waals surface area contributed by atoms with Crippen molar-refractivity contribution in [2.75, 3.05) is 18.1 Å². The molecule has 5 nitrogen and oxygen atoms in total.